The Hall–Kier alpha value is 1.50. The molecule has 0 aromatic rings. The van der Waals surface area contributed by atoms with Gasteiger partial charge in [0.15, 0.2) is 0 Å². The van der Waals surface area contributed by atoms with Crippen LogP contribution in [0, 0.1) is 14.9 Å². The van der Waals surface area contributed by atoms with Crippen molar-refractivity contribution in [3.8, 4) is 0 Å². The molecule has 7 heteroatoms. The van der Waals surface area contributed by atoms with E-state index >= 15 is 0 Å². The molecule has 0 heterocycles. The number of rotatable bonds is 4. The summed E-state index contributed by atoms with van der Waals surface area (Å²) in [5.41, 5.74) is 0. The van der Waals surface area contributed by atoms with E-state index < -0.39 is 34.4 Å². The molecule has 0 atom stereocenters. The van der Waals surface area contributed by atoms with Crippen LogP contribution in [0.3, 0.4) is 0 Å². The largest absolute Gasteiger partial charge is 2.00 e. The number of nitrogens with zero attached hydrogens (tertiary/aromatic N) is 2. The summed E-state index contributed by atoms with van der Waals surface area (Å²) in [5, 5.41) is 0. The van der Waals surface area contributed by atoms with Gasteiger partial charge in [-0.3, -0.25) is 0 Å². The zero-order valence-corrected chi connectivity index (χ0v) is 23.4. The first kappa shape index (κ1) is 34.0. The zero-order valence-electron chi connectivity index (χ0n) is 17.5. The Balaban J connectivity index is -0.0000000711. The normalized spacial score (nSPS) is 11.4. The van der Waals surface area contributed by atoms with Crippen LogP contribution in [0.4, 0.5) is 0 Å². The molecular formula is C14H44N2Si4Ti. The van der Waals surface area contributed by atoms with E-state index in [4.69, 9.17) is 0 Å². The minimum absolute atomic E-state index is 0. The van der Waals surface area contributed by atoms with Crippen molar-refractivity contribution in [1.82, 2.24) is 8.46 Å². The van der Waals surface area contributed by atoms with Crippen molar-refractivity contribution in [2.24, 2.45) is 0 Å². The Morgan fingerprint density at radius 2 is 0.714 bits per heavy atom. The van der Waals surface area contributed by atoms with Crippen molar-refractivity contribution in [2.45, 2.75) is 65.5 Å². The summed E-state index contributed by atoms with van der Waals surface area (Å²) in [5.74, 6) is 0. The van der Waals surface area contributed by atoms with Crippen LogP contribution in [-0.4, -0.2) is 56.9 Å². The van der Waals surface area contributed by atoms with Gasteiger partial charge in [-0.05, 0) is 14.1 Å². The van der Waals surface area contributed by atoms with Crippen molar-refractivity contribution in [3.05, 3.63) is 14.9 Å². The fourth-order valence-electron chi connectivity index (χ4n) is 1.55. The Morgan fingerprint density at radius 3 is 0.714 bits per heavy atom. The molecule has 0 aromatic heterocycles. The molecule has 0 fully saturated rings. The van der Waals surface area contributed by atoms with Gasteiger partial charge in [-0.25, -0.2) is 0 Å². The standard InChI is InChI=1S/2C6H19NSi2.2CH3.Ti/c2*1-7(8(2)3)9(4,5)6;;;/h2*8H,1-6H3;2*1H3;/q;;2*-1;+2. The van der Waals surface area contributed by atoms with Gasteiger partial charge < -0.3 is 23.3 Å². The van der Waals surface area contributed by atoms with Crippen LogP contribution in [0.15, 0.2) is 0 Å². The average Bonchev–Trinajstić information content (AvgIpc) is 2.13. The number of hydrogen-bond donors (Lipinski definition) is 0. The van der Waals surface area contributed by atoms with Crippen LogP contribution in [-0.2, 0) is 21.7 Å². The van der Waals surface area contributed by atoms with E-state index in [1.54, 1.807) is 0 Å². The second-order valence-corrected chi connectivity index (χ2v) is 24.8. The summed E-state index contributed by atoms with van der Waals surface area (Å²) in [7, 11) is 1.72. The summed E-state index contributed by atoms with van der Waals surface area (Å²) >= 11 is 0. The maximum atomic E-state index is 2.63. The van der Waals surface area contributed by atoms with Crippen molar-refractivity contribution >= 4 is 34.4 Å². The Kier molecular flexibility index (Phi) is 22.5. The third-order valence-electron chi connectivity index (χ3n) is 3.67. The molecule has 0 bridgehead atoms. The third-order valence-corrected chi connectivity index (χ3v) is 18.7. The summed E-state index contributed by atoms with van der Waals surface area (Å²) in [6, 6.07) is 0. The molecule has 0 amide bonds. The molecule has 0 aliphatic rings. The predicted molar refractivity (Wildman–Crippen MR) is 113 cm³/mol. The van der Waals surface area contributed by atoms with Crippen molar-refractivity contribution < 1.29 is 21.7 Å². The van der Waals surface area contributed by atoms with E-state index in [0.717, 1.165) is 0 Å². The first-order chi connectivity index (χ1) is 7.71. The van der Waals surface area contributed by atoms with Gasteiger partial charge in [-0.15, -0.1) is 0 Å². The van der Waals surface area contributed by atoms with E-state index in [2.05, 4.69) is 88.0 Å². The monoisotopic (exact) mass is 400 g/mol. The van der Waals surface area contributed by atoms with Crippen LogP contribution in [0.2, 0.25) is 65.5 Å². The van der Waals surface area contributed by atoms with Gasteiger partial charge in [-0.1, -0.05) is 65.5 Å². The summed E-state index contributed by atoms with van der Waals surface area (Å²) in [6.07, 6.45) is 0. The van der Waals surface area contributed by atoms with Crippen molar-refractivity contribution in [2.75, 3.05) is 14.1 Å². The summed E-state index contributed by atoms with van der Waals surface area (Å²) < 4.78 is 5.26. The number of hydrogen-bond acceptors (Lipinski definition) is 2. The fourth-order valence-corrected chi connectivity index (χ4v) is 13.9. The van der Waals surface area contributed by atoms with Crippen LogP contribution in [0.1, 0.15) is 0 Å². The maximum Gasteiger partial charge on any atom is 2.00 e. The molecule has 0 aliphatic carbocycles. The first-order valence-electron chi connectivity index (χ1n) is 7.17. The van der Waals surface area contributed by atoms with E-state index in [1.807, 2.05) is 0 Å². The van der Waals surface area contributed by atoms with Gasteiger partial charge in [0.05, 0.1) is 17.9 Å². The second kappa shape index (κ2) is 13.9. The molecule has 0 N–H and O–H groups in total. The van der Waals surface area contributed by atoms with Gasteiger partial charge in [-0.2, -0.15) is 0 Å². The van der Waals surface area contributed by atoms with Gasteiger partial charge in [0.25, 0.3) is 0 Å². The van der Waals surface area contributed by atoms with E-state index in [-0.39, 0.29) is 36.6 Å². The first-order valence-corrected chi connectivity index (χ1v) is 19.7. The molecule has 0 spiro atoms. The van der Waals surface area contributed by atoms with Crippen molar-refractivity contribution in [3.63, 3.8) is 0 Å². The molecule has 21 heavy (non-hydrogen) atoms. The Bertz CT molecular complexity index is 202. The molecule has 0 radical (unpaired) electrons. The predicted octanol–water partition coefficient (Wildman–Crippen LogP) is 4.37. The third kappa shape index (κ3) is 17.7. The van der Waals surface area contributed by atoms with Gasteiger partial charge in [0.2, 0.25) is 0 Å². The molecule has 0 saturated heterocycles. The van der Waals surface area contributed by atoms with E-state index in [1.165, 1.54) is 0 Å². The second-order valence-electron chi connectivity index (χ2n) is 7.75. The van der Waals surface area contributed by atoms with Gasteiger partial charge >= 0.3 is 21.7 Å². The van der Waals surface area contributed by atoms with Gasteiger partial charge in [0, 0.05) is 0 Å². The molecule has 0 rings (SSSR count). The van der Waals surface area contributed by atoms with Gasteiger partial charge in [0.1, 0.15) is 16.5 Å². The molecule has 0 aliphatic heterocycles. The Morgan fingerprint density at radius 1 is 0.571 bits per heavy atom. The molecule has 0 saturated carbocycles. The minimum Gasteiger partial charge on any atom is -0.358 e. The smallest absolute Gasteiger partial charge is 0.358 e. The Labute approximate surface area is 158 Å². The molecule has 130 valence electrons. The van der Waals surface area contributed by atoms with Crippen LogP contribution in [0.25, 0.3) is 0 Å². The SMILES string of the molecule is CN([SiH](C)C)[Si](C)(C)C.CN([SiH](C)C)[Si](C)(C)C.[CH3-].[CH3-].[Ti+2]. The zero-order chi connectivity index (χ0) is 15.3. The average molecular weight is 401 g/mol. The molecule has 2 nitrogen and oxygen atoms in total. The van der Waals surface area contributed by atoms with Crippen LogP contribution in [0.5, 0.6) is 0 Å². The molecular weight excluding hydrogens is 356 g/mol. The van der Waals surface area contributed by atoms with Crippen molar-refractivity contribution in [1.29, 1.82) is 0 Å². The summed E-state index contributed by atoms with van der Waals surface area (Å²) in [6.45, 7) is 24.0. The van der Waals surface area contributed by atoms with E-state index in [9.17, 15) is 0 Å². The summed E-state index contributed by atoms with van der Waals surface area (Å²) in [4.78, 5) is 0. The van der Waals surface area contributed by atoms with Crippen LogP contribution >= 0.6 is 0 Å². The molecule has 0 aromatic carbocycles. The molecule has 0 unspecified atom stereocenters. The maximum absolute atomic E-state index is 2.63. The van der Waals surface area contributed by atoms with E-state index in [0.29, 0.717) is 0 Å². The fraction of sp³-hybridized carbons (Fsp3) is 0.857. The van der Waals surface area contributed by atoms with Crippen LogP contribution < -0.4 is 0 Å². The minimum atomic E-state index is -0.929. The quantitative estimate of drug-likeness (QED) is 0.511. The topological polar surface area (TPSA) is 6.48 Å².